The average molecular weight is 284 g/mol. The second kappa shape index (κ2) is 5.67. The lowest BCUT2D eigenvalue weighted by Gasteiger charge is -2.40. The number of nitrogens with one attached hydrogen (secondary N) is 1. The molecule has 0 aromatic rings. The molecular weight excluding hydrogens is 264 g/mol. The number of carbonyl (C=O) groups excluding carboxylic acids is 1. The number of nitrogens with two attached hydrogens (primary N) is 1. The number of likely N-dealkylation sites (tertiary alicyclic amines) is 1. The number of hydrogen-bond acceptors (Lipinski definition) is 5. The number of nitrogens with zero attached hydrogens (tertiary/aromatic N) is 2. The molecule has 19 heavy (non-hydrogen) atoms. The van der Waals surface area contributed by atoms with Gasteiger partial charge in [0.2, 0.25) is 5.91 Å². The Morgan fingerprint density at radius 3 is 3.05 bits per heavy atom. The molecular formula is C12H20N4O2S. The zero-order valence-corrected chi connectivity index (χ0v) is 11.8. The van der Waals surface area contributed by atoms with Crippen LogP contribution in [0.1, 0.15) is 19.8 Å². The van der Waals surface area contributed by atoms with Crippen molar-refractivity contribution in [3.63, 3.8) is 0 Å². The smallest absolute Gasteiger partial charge is 0.287 e. The van der Waals surface area contributed by atoms with E-state index in [0.717, 1.165) is 18.6 Å². The first-order chi connectivity index (χ1) is 8.97. The van der Waals surface area contributed by atoms with E-state index in [2.05, 4.69) is 10.2 Å². The molecule has 0 aliphatic carbocycles. The van der Waals surface area contributed by atoms with Crippen molar-refractivity contribution in [2.45, 2.75) is 42.9 Å². The van der Waals surface area contributed by atoms with Crippen molar-refractivity contribution in [3.05, 3.63) is 11.4 Å². The summed E-state index contributed by atoms with van der Waals surface area (Å²) in [5, 5.41) is 12.7. The van der Waals surface area contributed by atoms with E-state index in [1.54, 1.807) is 16.7 Å². The minimum atomic E-state index is -0.863. The van der Waals surface area contributed by atoms with Crippen molar-refractivity contribution in [1.82, 2.24) is 10.2 Å². The highest BCUT2D eigenvalue weighted by Crippen LogP contribution is 2.38. The summed E-state index contributed by atoms with van der Waals surface area (Å²) in [5.41, 5.74) is 5.71. The summed E-state index contributed by atoms with van der Waals surface area (Å²) >= 11 is 1.72. The molecule has 0 saturated carbocycles. The fourth-order valence-corrected chi connectivity index (χ4v) is 3.95. The molecule has 106 valence electrons. The summed E-state index contributed by atoms with van der Waals surface area (Å²) in [7, 11) is 0. The molecule has 0 aromatic heterocycles. The van der Waals surface area contributed by atoms with Crippen LogP contribution in [0.2, 0.25) is 0 Å². The van der Waals surface area contributed by atoms with Gasteiger partial charge in [-0.1, -0.05) is 0 Å². The summed E-state index contributed by atoms with van der Waals surface area (Å²) < 4.78 is 0. The van der Waals surface area contributed by atoms with E-state index in [1.165, 1.54) is 6.92 Å². The monoisotopic (exact) mass is 284 g/mol. The Morgan fingerprint density at radius 2 is 2.47 bits per heavy atom. The topological polar surface area (TPSA) is 83.0 Å². The van der Waals surface area contributed by atoms with Crippen molar-refractivity contribution in [1.29, 1.82) is 0 Å². The van der Waals surface area contributed by atoms with Gasteiger partial charge in [0.15, 0.2) is 0 Å². The van der Waals surface area contributed by atoms with E-state index in [4.69, 9.17) is 12.3 Å². The number of rotatable bonds is 2. The Bertz CT molecular complexity index is 398. The van der Waals surface area contributed by atoms with Gasteiger partial charge < -0.3 is 15.7 Å². The summed E-state index contributed by atoms with van der Waals surface area (Å²) in [6.07, 6.45) is 0.844. The lowest BCUT2D eigenvalue weighted by molar-refractivity contribution is -0.136. The molecule has 1 unspecified atom stereocenters. The van der Waals surface area contributed by atoms with Gasteiger partial charge in [0.05, 0.1) is 16.7 Å². The Balaban J connectivity index is 2.02. The summed E-state index contributed by atoms with van der Waals surface area (Å²) in [6.45, 7) is 9.84. The van der Waals surface area contributed by atoms with Gasteiger partial charge in [-0.05, 0) is 19.8 Å². The number of thioether (sulfide) groups is 1. The largest absolute Gasteiger partial charge is 0.391 e. The first-order valence-corrected chi connectivity index (χ1v) is 7.47. The lowest BCUT2D eigenvalue weighted by atomic mass is 10.0. The zero-order valence-electron chi connectivity index (χ0n) is 11.0. The van der Waals surface area contributed by atoms with E-state index in [9.17, 15) is 9.90 Å². The van der Waals surface area contributed by atoms with Crippen LogP contribution in [0, 0.1) is 6.57 Å². The van der Waals surface area contributed by atoms with Gasteiger partial charge >= 0.3 is 0 Å². The molecule has 2 heterocycles. The molecule has 7 heteroatoms. The van der Waals surface area contributed by atoms with Gasteiger partial charge in [-0.2, -0.15) is 0 Å². The molecule has 2 aliphatic heterocycles. The van der Waals surface area contributed by atoms with Crippen molar-refractivity contribution in [3.8, 4) is 0 Å². The van der Waals surface area contributed by atoms with E-state index >= 15 is 0 Å². The van der Waals surface area contributed by atoms with Gasteiger partial charge in [0.1, 0.15) is 6.04 Å². The average Bonchev–Trinajstić information content (AvgIpc) is 2.79. The predicted octanol–water partition coefficient (Wildman–Crippen LogP) is -0.405. The van der Waals surface area contributed by atoms with Crippen LogP contribution in [0.25, 0.3) is 4.85 Å². The molecule has 2 rings (SSSR count). The second-order valence-electron chi connectivity index (χ2n) is 5.22. The molecule has 0 radical (unpaired) electrons. The van der Waals surface area contributed by atoms with Crippen LogP contribution in [0.3, 0.4) is 0 Å². The maximum atomic E-state index is 12.2. The third-order valence-electron chi connectivity index (χ3n) is 3.67. The highest BCUT2D eigenvalue weighted by Gasteiger charge is 2.46. The first kappa shape index (κ1) is 14.6. The SMILES string of the molecule is [C-]#[N+][C@@H]1CSC2(CCCN(C(=O)[C@@H](N)[C@@H](C)O)C2)N1. The molecule has 2 saturated heterocycles. The van der Waals surface area contributed by atoms with Gasteiger partial charge in [-0.15, -0.1) is 11.8 Å². The molecule has 4 N–H and O–H groups in total. The zero-order chi connectivity index (χ0) is 14.0. The number of piperidine rings is 1. The van der Waals surface area contributed by atoms with Crippen molar-refractivity contribution in [2.24, 2.45) is 5.73 Å². The molecule has 0 aromatic carbocycles. The van der Waals surface area contributed by atoms with Crippen LogP contribution in [0.4, 0.5) is 0 Å². The van der Waals surface area contributed by atoms with Crippen molar-refractivity contribution >= 4 is 17.7 Å². The standard InChI is InChI=1S/C12H20N4O2S/c1-8(17)10(13)11(18)16-5-3-4-12(7-16)15-9(14-2)6-19-12/h8-10,15,17H,3-7,13H2,1H3/t8-,9+,10+,12?/m1/s1. The molecule has 1 amide bonds. The summed E-state index contributed by atoms with van der Waals surface area (Å²) in [6, 6.07) is -0.863. The maximum absolute atomic E-state index is 12.2. The quantitative estimate of drug-likeness (QED) is 0.601. The third kappa shape index (κ3) is 3.03. The Labute approximate surface area is 117 Å². The fraction of sp³-hybridized carbons (Fsp3) is 0.833. The van der Waals surface area contributed by atoms with Gasteiger partial charge in [-0.3, -0.25) is 9.64 Å². The van der Waals surface area contributed by atoms with Crippen LogP contribution in [-0.4, -0.2) is 57.9 Å². The Kier molecular flexibility index (Phi) is 4.36. The van der Waals surface area contributed by atoms with Crippen LogP contribution in [0.5, 0.6) is 0 Å². The highest BCUT2D eigenvalue weighted by atomic mass is 32.2. The summed E-state index contributed by atoms with van der Waals surface area (Å²) in [5.74, 6) is 0.552. The molecule has 0 bridgehead atoms. The van der Waals surface area contributed by atoms with E-state index in [1.807, 2.05) is 0 Å². The summed E-state index contributed by atoms with van der Waals surface area (Å²) in [4.78, 5) is 17.2. The molecule has 1 spiro atoms. The fourth-order valence-electron chi connectivity index (χ4n) is 2.56. The Morgan fingerprint density at radius 1 is 1.74 bits per heavy atom. The van der Waals surface area contributed by atoms with Crippen LogP contribution < -0.4 is 11.1 Å². The number of amides is 1. The predicted molar refractivity (Wildman–Crippen MR) is 74.2 cm³/mol. The van der Waals surface area contributed by atoms with Crippen molar-refractivity contribution in [2.75, 3.05) is 18.8 Å². The van der Waals surface area contributed by atoms with Crippen molar-refractivity contribution < 1.29 is 9.90 Å². The molecule has 4 atom stereocenters. The van der Waals surface area contributed by atoms with E-state index in [-0.39, 0.29) is 16.9 Å². The lowest BCUT2D eigenvalue weighted by Crippen LogP contribution is -2.58. The Hall–Kier alpha value is -0.810. The second-order valence-corrected chi connectivity index (χ2v) is 6.63. The number of aliphatic hydroxyl groups is 1. The first-order valence-electron chi connectivity index (χ1n) is 6.48. The van der Waals surface area contributed by atoms with E-state index < -0.39 is 12.1 Å². The minimum Gasteiger partial charge on any atom is -0.391 e. The maximum Gasteiger partial charge on any atom is 0.287 e. The number of carbonyl (C=O) groups is 1. The highest BCUT2D eigenvalue weighted by molar-refractivity contribution is 8.01. The normalized spacial score (nSPS) is 34.0. The van der Waals surface area contributed by atoms with Gasteiger partial charge in [0.25, 0.3) is 6.17 Å². The molecule has 2 aliphatic rings. The third-order valence-corrected chi connectivity index (χ3v) is 5.16. The minimum absolute atomic E-state index is 0.162. The number of aliphatic hydroxyl groups excluding tert-OH is 1. The van der Waals surface area contributed by atoms with Crippen LogP contribution in [0.15, 0.2) is 0 Å². The molecule has 2 fully saturated rings. The number of hydrogen-bond donors (Lipinski definition) is 3. The molecule has 6 nitrogen and oxygen atoms in total. The van der Waals surface area contributed by atoms with Gasteiger partial charge in [-0.25, -0.2) is 11.9 Å². The van der Waals surface area contributed by atoms with Gasteiger partial charge in [0, 0.05) is 13.1 Å². The van der Waals surface area contributed by atoms with Crippen LogP contribution >= 0.6 is 11.8 Å². The van der Waals surface area contributed by atoms with Crippen LogP contribution in [-0.2, 0) is 4.79 Å². The van der Waals surface area contributed by atoms with E-state index in [0.29, 0.717) is 13.1 Å².